The highest BCUT2D eigenvalue weighted by Gasteiger charge is 2.23. The first-order chi connectivity index (χ1) is 6.87. The number of carbonyl (C=O) groups is 1. The third-order valence-electron chi connectivity index (χ3n) is 1.79. The summed E-state index contributed by atoms with van der Waals surface area (Å²) >= 11 is 0. The van der Waals surface area contributed by atoms with Crippen molar-refractivity contribution >= 4 is 6.09 Å². The molecule has 0 spiro atoms. The summed E-state index contributed by atoms with van der Waals surface area (Å²) < 4.78 is 15.6. The molecule has 1 aliphatic heterocycles. The number of alkyl carbamates (subject to hydrolysis) is 1. The van der Waals surface area contributed by atoms with Crippen molar-refractivity contribution in [2.24, 2.45) is 0 Å². The number of ether oxygens (including phenoxy) is 3. The summed E-state index contributed by atoms with van der Waals surface area (Å²) in [6, 6.07) is -0.129. The Morgan fingerprint density at radius 1 is 1.33 bits per heavy atom. The molecule has 0 radical (unpaired) electrons. The van der Waals surface area contributed by atoms with Gasteiger partial charge in [-0.1, -0.05) is 0 Å². The predicted molar refractivity (Wildman–Crippen MR) is 54.5 cm³/mol. The third-order valence-corrected chi connectivity index (χ3v) is 1.79. The molecule has 5 nitrogen and oxygen atoms in total. The summed E-state index contributed by atoms with van der Waals surface area (Å²) in [4.78, 5) is 11.4. The normalized spacial score (nSPS) is 27.2. The lowest BCUT2D eigenvalue weighted by molar-refractivity contribution is -0.178. The van der Waals surface area contributed by atoms with Gasteiger partial charge in [0.05, 0.1) is 19.3 Å². The van der Waals surface area contributed by atoms with E-state index < -0.39 is 11.7 Å². The van der Waals surface area contributed by atoms with Gasteiger partial charge in [0.1, 0.15) is 5.60 Å². The molecule has 0 aromatic carbocycles. The first-order valence-electron chi connectivity index (χ1n) is 5.09. The molecule has 0 atom stereocenters. The largest absolute Gasteiger partial charge is 0.444 e. The molecular weight excluding hydrogens is 198 g/mol. The van der Waals surface area contributed by atoms with E-state index in [9.17, 15) is 4.79 Å². The van der Waals surface area contributed by atoms with Crippen LogP contribution in [0.3, 0.4) is 0 Å². The molecule has 0 aromatic rings. The minimum absolute atomic E-state index is 0.129. The molecule has 0 aromatic heterocycles. The highest BCUT2D eigenvalue weighted by molar-refractivity contribution is 5.68. The Morgan fingerprint density at radius 3 is 2.33 bits per heavy atom. The zero-order valence-corrected chi connectivity index (χ0v) is 9.70. The maximum absolute atomic E-state index is 11.4. The Morgan fingerprint density at radius 2 is 1.87 bits per heavy atom. The fraction of sp³-hybridized carbons (Fsp3) is 0.900. The Kier molecular flexibility index (Phi) is 3.93. The highest BCUT2D eigenvalue weighted by Crippen LogP contribution is 2.08. The number of nitrogens with one attached hydrogen (secondary N) is 1. The van der Waals surface area contributed by atoms with Gasteiger partial charge in [-0.2, -0.15) is 0 Å². The van der Waals surface area contributed by atoms with Crippen molar-refractivity contribution in [3.8, 4) is 0 Å². The molecule has 5 heteroatoms. The van der Waals surface area contributed by atoms with Crippen LogP contribution in [-0.2, 0) is 14.2 Å². The summed E-state index contributed by atoms with van der Waals surface area (Å²) in [6.45, 7) is 8.21. The van der Waals surface area contributed by atoms with Gasteiger partial charge >= 0.3 is 6.09 Å². The minimum Gasteiger partial charge on any atom is -0.444 e. The van der Waals surface area contributed by atoms with Crippen molar-refractivity contribution in [2.45, 2.75) is 45.6 Å². The third kappa shape index (κ3) is 4.99. The smallest absolute Gasteiger partial charge is 0.408 e. The molecule has 0 saturated carbocycles. The van der Waals surface area contributed by atoms with Crippen LogP contribution in [0.4, 0.5) is 4.79 Å². The van der Waals surface area contributed by atoms with Crippen LogP contribution >= 0.6 is 0 Å². The Balaban J connectivity index is 2.27. The zero-order chi connectivity index (χ0) is 11.5. The van der Waals surface area contributed by atoms with E-state index in [4.69, 9.17) is 14.2 Å². The van der Waals surface area contributed by atoms with Crippen LogP contribution in [0.25, 0.3) is 0 Å². The molecule has 1 amide bonds. The van der Waals surface area contributed by atoms with Gasteiger partial charge in [0.2, 0.25) is 0 Å². The molecule has 0 aliphatic carbocycles. The molecular formula is C10H19NO4. The van der Waals surface area contributed by atoms with E-state index in [0.29, 0.717) is 13.2 Å². The van der Waals surface area contributed by atoms with E-state index >= 15 is 0 Å². The zero-order valence-electron chi connectivity index (χ0n) is 9.70. The van der Waals surface area contributed by atoms with Crippen LogP contribution in [0.1, 0.15) is 27.7 Å². The van der Waals surface area contributed by atoms with Gasteiger partial charge in [-0.05, 0) is 27.7 Å². The second-order valence-corrected chi connectivity index (χ2v) is 4.58. The minimum atomic E-state index is -0.478. The van der Waals surface area contributed by atoms with Crippen molar-refractivity contribution < 1.29 is 19.0 Å². The second kappa shape index (κ2) is 4.81. The average molecular weight is 217 g/mol. The van der Waals surface area contributed by atoms with E-state index in [1.54, 1.807) is 0 Å². The lowest BCUT2D eigenvalue weighted by atomic mass is 10.2. The fourth-order valence-electron chi connectivity index (χ4n) is 1.16. The van der Waals surface area contributed by atoms with Crippen LogP contribution in [0.5, 0.6) is 0 Å². The Bertz CT molecular complexity index is 216. The van der Waals surface area contributed by atoms with Crippen molar-refractivity contribution in [1.29, 1.82) is 0 Å². The summed E-state index contributed by atoms with van der Waals surface area (Å²) in [6.07, 6.45) is -0.629. The highest BCUT2D eigenvalue weighted by atomic mass is 16.7. The van der Waals surface area contributed by atoms with Gasteiger partial charge in [0.25, 0.3) is 0 Å². The van der Waals surface area contributed by atoms with Crippen molar-refractivity contribution in [2.75, 3.05) is 13.2 Å². The van der Waals surface area contributed by atoms with Crippen molar-refractivity contribution in [3.05, 3.63) is 0 Å². The molecule has 0 bridgehead atoms. The first kappa shape index (κ1) is 12.3. The van der Waals surface area contributed by atoms with E-state index in [1.165, 1.54) is 0 Å². The van der Waals surface area contributed by atoms with Crippen LogP contribution in [-0.4, -0.2) is 37.2 Å². The first-order valence-corrected chi connectivity index (χ1v) is 5.09. The van der Waals surface area contributed by atoms with Gasteiger partial charge in [0, 0.05) is 0 Å². The van der Waals surface area contributed by atoms with Crippen LogP contribution in [0.15, 0.2) is 0 Å². The van der Waals surface area contributed by atoms with Gasteiger partial charge in [-0.15, -0.1) is 0 Å². The number of rotatable bonds is 1. The SMILES string of the molecule is CC(C)(C)OC(=O)N[C@H]1CO[C@H](C)OC1. The van der Waals surface area contributed by atoms with Gasteiger partial charge < -0.3 is 19.5 Å². The molecule has 1 N–H and O–H groups in total. The maximum atomic E-state index is 11.4. The predicted octanol–water partition coefficient (Wildman–Crippen LogP) is 1.27. The number of amides is 1. The molecule has 15 heavy (non-hydrogen) atoms. The van der Waals surface area contributed by atoms with E-state index in [2.05, 4.69) is 5.32 Å². The summed E-state index contributed by atoms with van der Waals surface area (Å²) in [5.41, 5.74) is -0.478. The number of carbonyl (C=O) groups excluding carboxylic acids is 1. The summed E-state index contributed by atoms with van der Waals surface area (Å²) in [7, 11) is 0. The van der Waals surface area contributed by atoms with E-state index in [1.807, 2.05) is 27.7 Å². The fourth-order valence-corrected chi connectivity index (χ4v) is 1.16. The Labute approximate surface area is 90.1 Å². The van der Waals surface area contributed by atoms with Crippen molar-refractivity contribution in [1.82, 2.24) is 5.32 Å². The van der Waals surface area contributed by atoms with Crippen LogP contribution in [0.2, 0.25) is 0 Å². The van der Waals surface area contributed by atoms with Gasteiger partial charge in [-0.3, -0.25) is 0 Å². The summed E-state index contributed by atoms with van der Waals surface area (Å²) in [5.74, 6) is 0. The molecule has 1 heterocycles. The molecule has 1 aliphatic rings. The standard InChI is InChI=1S/C10H19NO4/c1-7-13-5-8(6-14-7)11-9(12)15-10(2,3)4/h7-8H,5-6H2,1-4H3,(H,11,12)/t7-,8-. The lowest BCUT2D eigenvalue weighted by Gasteiger charge is -2.28. The van der Waals surface area contributed by atoms with Crippen molar-refractivity contribution in [3.63, 3.8) is 0 Å². The lowest BCUT2D eigenvalue weighted by Crippen LogP contribution is -2.47. The van der Waals surface area contributed by atoms with Gasteiger partial charge in [0.15, 0.2) is 6.29 Å². The molecule has 1 fully saturated rings. The quantitative estimate of drug-likeness (QED) is 0.718. The van der Waals surface area contributed by atoms with E-state index in [-0.39, 0.29) is 12.3 Å². The second-order valence-electron chi connectivity index (χ2n) is 4.58. The average Bonchev–Trinajstić information content (AvgIpc) is 2.05. The van der Waals surface area contributed by atoms with E-state index in [0.717, 1.165) is 0 Å². The van der Waals surface area contributed by atoms with Gasteiger partial charge in [-0.25, -0.2) is 4.79 Å². The molecule has 88 valence electrons. The Hall–Kier alpha value is -0.810. The summed E-state index contributed by atoms with van der Waals surface area (Å²) in [5, 5.41) is 2.68. The monoisotopic (exact) mass is 217 g/mol. The molecule has 1 saturated heterocycles. The number of hydrogen-bond donors (Lipinski definition) is 1. The van der Waals surface area contributed by atoms with Crippen LogP contribution < -0.4 is 5.32 Å². The number of hydrogen-bond acceptors (Lipinski definition) is 4. The topological polar surface area (TPSA) is 56.8 Å². The molecule has 1 rings (SSSR count). The molecule has 0 unspecified atom stereocenters. The maximum Gasteiger partial charge on any atom is 0.408 e. The van der Waals surface area contributed by atoms with Crippen LogP contribution in [0, 0.1) is 0 Å².